The van der Waals surface area contributed by atoms with Gasteiger partial charge in [0, 0.05) is 29.0 Å². The number of ether oxygens (including phenoxy) is 1. The normalized spacial score (nSPS) is 11.2. The number of nitrogens with one attached hydrogen (secondary N) is 1. The van der Waals surface area contributed by atoms with Crippen LogP contribution < -0.4 is 10.2 Å². The Bertz CT molecular complexity index is 1470. The van der Waals surface area contributed by atoms with E-state index in [4.69, 9.17) is 9.15 Å². The van der Waals surface area contributed by atoms with E-state index >= 15 is 0 Å². The number of aryl methyl sites for hydroxylation is 2. The van der Waals surface area contributed by atoms with E-state index < -0.39 is 5.91 Å². The number of rotatable bonds is 8. The first kappa shape index (κ1) is 23.0. The zero-order valence-electron chi connectivity index (χ0n) is 20.1. The number of furan rings is 1. The zero-order chi connectivity index (χ0) is 24.9. The number of hydrogen-bond acceptors (Lipinski definition) is 4. The van der Waals surface area contributed by atoms with Crippen LogP contribution in [0.5, 0.6) is 5.75 Å². The van der Waals surface area contributed by atoms with Gasteiger partial charge in [0.05, 0.1) is 11.9 Å². The van der Waals surface area contributed by atoms with Gasteiger partial charge < -0.3 is 18.3 Å². The molecule has 3 heterocycles. The first-order chi connectivity index (χ1) is 17.6. The molecule has 0 aliphatic carbocycles. The Morgan fingerprint density at radius 2 is 1.64 bits per heavy atom. The molecule has 0 spiro atoms. The van der Waals surface area contributed by atoms with Crippen LogP contribution in [0.4, 0.5) is 0 Å². The number of carbonyl (C=O) groups is 1. The minimum Gasteiger partial charge on any atom is -0.486 e. The molecule has 5 aromatic rings. The van der Waals surface area contributed by atoms with E-state index in [0.29, 0.717) is 5.76 Å². The van der Waals surface area contributed by atoms with Gasteiger partial charge in [-0.2, -0.15) is 5.10 Å². The van der Waals surface area contributed by atoms with Gasteiger partial charge in [-0.1, -0.05) is 18.2 Å². The average molecular weight is 479 g/mol. The van der Waals surface area contributed by atoms with Gasteiger partial charge in [-0.3, -0.25) is 4.79 Å². The number of benzene rings is 2. The quantitative estimate of drug-likeness (QED) is 0.226. The summed E-state index contributed by atoms with van der Waals surface area (Å²) in [5.41, 5.74) is 7.79. The van der Waals surface area contributed by atoms with E-state index in [0.717, 1.165) is 22.8 Å². The summed E-state index contributed by atoms with van der Waals surface area (Å²) in [6.45, 7) is 4.37. The highest BCUT2D eigenvalue weighted by molar-refractivity contribution is 5.92. The second-order valence-electron chi connectivity index (χ2n) is 8.34. The molecule has 1 N–H and O–H groups in total. The van der Waals surface area contributed by atoms with Crippen molar-refractivity contribution in [3.63, 3.8) is 0 Å². The fraction of sp³-hybridized carbons (Fsp3) is 0.103. The van der Waals surface area contributed by atoms with Crippen molar-refractivity contribution in [3.05, 3.63) is 126 Å². The summed E-state index contributed by atoms with van der Waals surface area (Å²) >= 11 is 0. The molecule has 7 heteroatoms. The first-order valence-corrected chi connectivity index (χ1v) is 11.6. The van der Waals surface area contributed by atoms with E-state index in [1.165, 1.54) is 11.4 Å². The molecule has 0 bridgehead atoms. The molecule has 36 heavy (non-hydrogen) atoms. The maximum Gasteiger partial charge on any atom is 0.307 e. The molecule has 0 fully saturated rings. The molecule has 3 aromatic heterocycles. The van der Waals surface area contributed by atoms with Gasteiger partial charge in [-0.25, -0.2) is 5.43 Å². The molecular formula is C29H26N4O3. The Labute approximate surface area is 209 Å². The van der Waals surface area contributed by atoms with Crippen LogP contribution in [-0.2, 0) is 6.61 Å². The second-order valence-corrected chi connectivity index (χ2v) is 8.34. The number of hydrogen-bond donors (Lipinski definition) is 1. The maximum atomic E-state index is 12.5. The van der Waals surface area contributed by atoms with E-state index in [-0.39, 0.29) is 12.4 Å². The van der Waals surface area contributed by atoms with Crippen LogP contribution in [-0.4, -0.2) is 21.3 Å². The summed E-state index contributed by atoms with van der Waals surface area (Å²) in [5.74, 6) is 0.994. The lowest BCUT2D eigenvalue weighted by Gasteiger charge is -2.10. The molecular weight excluding hydrogens is 452 g/mol. The number of hydrazone groups is 1. The van der Waals surface area contributed by atoms with Gasteiger partial charge in [-0.05, 0) is 86.6 Å². The Morgan fingerprint density at radius 1 is 0.889 bits per heavy atom. The summed E-state index contributed by atoms with van der Waals surface area (Å²) < 4.78 is 15.6. The van der Waals surface area contributed by atoms with Crippen LogP contribution >= 0.6 is 0 Å². The van der Waals surface area contributed by atoms with Crippen molar-refractivity contribution >= 4 is 12.1 Å². The third-order valence-electron chi connectivity index (χ3n) is 5.81. The predicted octanol–water partition coefficient (Wildman–Crippen LogP) is 5.82. The van der Waals surface area contributed by atoms with Crippen molar-refractivity contribution < 1.29 is 13.9 Å². The van der Waals surface area contributed by atoms with Crippen LogP contribution in [0.25, 0.3) is 11.4 Å². The minimum atomic E-state index is -0.433. The topological polar surface area (TPSA) is 73.7 Å². The van der Waals surface area contributed by atoms with Crippen LogP contribution in [0.2, 0.25) is 0 Å². The number of carbonyl (C=O) groups excluding carboxylic acids is 1. The molecule has 5 rings (SSSR count). The SMILES string of the molecule is Cc1ccc(C)n1-c1ccc(OCc2ccc(C(=O)N/N=C/c3cccn3-c3ccccc3)o2)cc1. The zero-order valence-corrected chi connectivity index (χ0v) is 20.1. The Balaban J connectivity index is 1.16. The van der Waals surface area contributed by atoms with Gasteiger partial charge in [0.25, 0.3) is 0 Å². The predicted molar refractivity (Wildman–Crippen MR) is 139 cm³/mol. The van der Waals surface area contributed by atoms with Gasteiger partial charge in [0.15, 0.2) is 5.76 Å². The van der Waals surface area contributed by atoms with Crippen molar-refractivity contribution in [3.8, 4) is 17.1 Å². The Hall–Kier alpha value is -4.78. The molecule has 0 saturated heterocycles. The average Bonchev–Trinajstić information content (AvgIpc) is 3.64. The summed E-state index contributed by atoms with van der Waals surface area (Å²) in [5, 5.41) is 4.08. The number of nitrogens with zero attached hydrogens (tertiary/aromatic N) is 3. The van der Waals surface area contributed by atoms with Crippen LogP contribution in [0.15, 0.2) is 107 Å². The number of aromatic nitrogens is 2. The van der Waals surface area contributed by atoms with Crippen molar-refractivity contribution in [1.29, 1.82) is 0 Å². The minimum absolute atomic E-state index is 0.165. The molecule has 180 valence electrons. The summed E-state index contributed by atoms with van der Waals surface area (Å²) in [7, 11) is 0. The fourth-order valence-electron chi connectivity index (χ4n) is 4.03. The van der Waals surface area contributed by atoms with Crippen LogP contribution in [0, 0.1) is 13.8 Å². The van der Waals surface area contributed by atoms with Gasteiger partial charge >= 0.3 is 5.91 Å². The molecule has 2 aromatic carbocycles. The molecule has 0 radical (unpaired) electrons. The van der Waals surface area contributed by atoms with E-state index in [1.807, 2.05) is 77.5 Å². The van der Waals surface area contributed by atoms with Crippen LogP contribution in [0.1, 0.15) is 33.4 Å². The maximum absolute atomic E-state index is 12.5. The third kappa shape index (κ3) is 5.00. The lowest BCUT2D eigenvalue weighted by molar-refractivity contribution is 0.0923. The highest BCUT2D eigenvalue weighted by Gasteiger charge is 2.11. The smallest absolute Gasteiger partial charge is 0.307 e. The summed E-state index contributed by atoms with van der Waals surface area (Å²) in [6, 6.07) is 29.1. The largest absolute Gasteiger partial charge is 0.486 e. The molecule has 0 saturated carbocycles. The molecule has 0 aliphatic rings. The number of para-hydroxylation sites is 1. The monoisotopic (exact) mass is 478 g/mol. The summed E-state index contributed by atoms with van der Waals surface area (Å²) in [6.07, 6.45) is 3.53. The van der Waals surface area contributed by atoms with E-state index in [9.17, 15) is 4.79 Å². The molecule has 0 aliphatic heterocycles. The summed E-state index contributed by atoms with van der Waals surface area (Å²) in [4.78, 5) is 12.5. The molecule has 7 nitrogen and oxygen atoms in total. The fourth-order valence-corrected chi connectivity index (χ4v) is 4.03. The highest BCUT2D eigenvalue weighted by Crippen LogP contribution is 2.21. The first-order valence-electron chi connectivity index (χ1n) is 11.6. The lowest BCUT2D eigenvalue weighted by atomic mass is 10.3. The lowest BCUT2D eigenvalue weighted by Crippen LogP contribution is -2.17. The van der Waals surface area contributed by atoms with Crippen molar-refractivity contribution in [2.24, 2.45) is 5.10 Å². The molecule has 1 amide bonds. The number of amides is 1. The van der Waals surface area contributed by atoms with Gasteiger partial charge in [0.1, 0.15) is 18.1 Å². The highest BCUT2D eigenvalue weighted by atomic mass is 16.5. The molecule has 0 atom stereocenters. The van der Waals surface area contributed by atoms with E-state index in [2.05, 4.69) is 41.1 Å². The second kappa shape index (κ2) is 10.2. The van der Waals surface area contributed by atoms with Crippen molar-refractivity contribution in [2.75, 3.05) is 0 Å². The molecule has 0 unspecified atom stereocenters. The van der Waals surface area contributed by atoms with E-state index in [1.54, 1.807) is 18.3 Å². The Kier molecular flexibility index (Phi) is 6.53. The standard InChI is InChI=1S/C29H26N4O3/c1-21-10-11-22(2)33(21)24-12-14-26(15-13-24)35-20-27-16-17-28(36-27)29(34)31-30-19-25-9-6-18-32(25)23-7-4-3-5-8-23/h3-19H,20H2,1-2H3,(H,31,34)/b30-19+. The third-order valence-corrected chi connectivity index (χ3v) is 5.81. The van der Waals surface area contributed by atoms with Crippen molar-refractivity contribution in [2.45, 2.75) is 20.5 Å². The van der Waals surface area contributed by atoms with Crippen molar-refractivity contribution in [1.82, 2.24) is 14.6 Å². The Morgan fingerprint density at radius 3 is 2.39 bits per heavy atom. The van der Waals surface area contributed by atoms with Gasteiger partial charge in [-0.15, -0.1) is 0 Å². The van der Waals surface area contributed by atoms with Crippen LogP contribution in [0.3, 0.4) is 0 Å². The van der Waals surface area contributed by atoms with Gasteiger partial charge in [0.2, 0.25) is 0 Å².